The van der Waals surface area contributed by atoms with Crippen LogP contribution >= 0.6 is 0 Å². The molecular formula is C31H62KNO4. The second kappa shape index (κ2) is 32.7. The van der Waals surface area contributed by atoms with E-state index in [1.807, 2.05) is 0 Å². The third-order valence-corrected chi connectivity index (χ3v) is 7.00. The topological polar surface area (TPSA) is 80.3 Å². The van der Waals surface area contributed by atoms with Crippen LogP contribution < -0.4 is 61.6 Å². The van der Waals surface area contributed by atoms with Gasteiger partial charge in [0.25, 0.3) is 0 Å². The number of carbonyl (C=O) groups excluding carboxylic acids is 2. The normalized spacial score (nSPS) is 10.9. The van der Waals surface area contributed by atoms with Crippen LogP contribution in [0, 0.1) is 0 Å². The van der Waals surface area contributed by atoms with Crippen molar-refractivity contribution >= 4 is 11.9 Å². The molecular weight excluding hydrogens is 489 g/mol. The van der Waals surface area contributed by atoms with E-state index in [0.717, 1.165) is 0 Å². The van der Waals surface area contributed by atoms with E-state index in [-0.39, 0.29) is 70.6 Å². The van der Waals surface area contributed by atoms with Crippen LogP contribution in [-0.4, -0.2) is 43.6 Å². The number of aliphatic carboxylic acids is 2. The fourth-order valence-corrected chi connectivity index (χ4v) is 4.54. The summed E-state index contributed by atoms with van der Waals surface area (Å²) in [5, 5.41) is 19.3. The molecule has 0 fully saturated rings. The number of carbonyl (C=O) groups is 2. The van der Waals surface area contributed by atoms with Gasteiger partial charge in [-0.3, -0.25) is 0 Å². The first-order chi connectivity index (χ1) is 17.2. The van der Waals surface area contributed by atoms with Crippen molar-refractivity contribution in [1.82, 2.24) is 0 Å². The average molecular weight is 552 g/mol. The van der Waals surface area contributed by atoms with E-state index in [0.29, 0.717) is 0 Å². The maximum Gasteiger partial charge on any atom is 1.00 e. The van der Waals surface area contributed by atoms with E-state index < -0.39 is 11.9 Å². The van der Waals surface area contributed by atoms with Crippen molar-refractivity contribution in [3.05, 3.63) is 0 Å². The van der Waals surface area contributed by atoms with Crippen LogP contribution in [0.2, 0.25) is 0 Å². The summed E-state index contributed by atoms with van der Waals surface area (Å²) in [4.78, 5) is 19.3. The third kappa shape index (κ3) is 41.2. The van der Waals surface area contributed by atoms with Crippen molar-refractivity contribution in [3.63, 3.8) is 0 Å². The minimum Gasteiger partial charge on any atom is -0.550 e. The van der Waals surface area contributed by atoms with Crippen LogP contribution in [0.25, 0.3) is 0 Å². The first kappa shape index (κ1) is 42.0. The molecule has 0 N–H and O–H groups in total. The van der Waals surface area contributed by atoms with Gasteiger partial charge in [-0.15, -0.1) is 0 Å². The monoisotopic (exact) mass is 551 g/mol. The molecule has 0 aliphatic heterocycles. The van der Waals surface area contributed by atoms with Crippen LogP contribution in [0.15, 0.2) is 0 Å². The predicted molar refractivity (Wildman–Crippen MR) is 149 cm³/mol. The van der Waals surface area contributed by atoms with E-state index in [4.69, 9.17) is 0 Å². The summed E-state index contributed by atoms with van der Waals surface area (Å²) < 4.78 is 1.24. The molecule has 37 heavy (non-hydrogen) atoms. The van der Waals surface area contributed by atoms with Gasteiger partial charge in [-0.05, 0) is 44.9 Å². The summed E-state index contributed by atoms with van der Waals surface area (Å²) in [5.74, 6) is -2.45. The molecule has 0 aromatic carbocycles. The second-order valence-electron chi connectivity index (χ2n) is 11.3. The van der Waals surface area contributed by atoms with Gasteiger partial charge < -0.3 is 24.3 Å². The molecule has 0 aromatic heterocycles. The van der Waals surface area contributed by atoms with Gasteiger partial charge >= 0.3 is 51.4 Å². The molecule has 0 aliphatic rings. The molecule has 0 heterocycles. The molecule has 0 spiro atoms. The number of hydrogen-bond donors (Lipinski definition) is 0. The van der Waals surface area contributed by atoms with Gasteiger partial charge in [-0.2, -0.15) is 0 Å². The van der Waals surface area contributed by atoms with Crippen molar-refractivity contribution in [1.29, 1.82) is 0 Å². The fraction of sp³-hybridized carbons (Fsp3) is 0.935. The smallest absolute Gasteiger partial charge is 0.550 e. The molecule has 0 rings (SSSR count). The molecule has 0 aromatic rings. The average Bonchev–Trinajstić information content (AvgIpc) is 2.81. The Balaban J connectivity index is -0.000000981. The molecule has 5 nitrogen and oxygen atoms in total. The summed E-state index contributed by atoms with van der Waals surface area (Å²) in [6, 6.07) is 0. The largest absolute Gasteiger partial charge is 1.00 e. The number of carboxylic acid groups (broad SMARTS) is 2. The number of rotatable bonds is 26. The zero-order chi connectivity index (χ0) is 27.3. The van der Waals surface area contributed by atoms with Crippen molar-refractivity contribution in [2.75, 3.05) is 27.2 Å². The van der Waals surface area contributed by atoms with E-state index in [9.17, 15) is 19.8 Å². The van der Waals surface area contributed by atoms with Crippen LogP contribution in [-0.2, 0) is 9.59 Å². The first-order valence-electron chi connectivity index (χ1n) is 15.5. The Kier molecular flexibility index (Phi) is 37.2. The molecule has 216 valence electrons. The van der Waals surface area contributed by atoms with Gasteiger partial charge in [0.15, 0.2) is 0 Å². The number of hydrogen-bond acceptors (Lipinski definition) is 4. The number of unbranched alkanes of at least 4 members (excludes halogenated alkanes) is 18. The molecule has 0 amide bonds. The maximum atomic E-state index is 9.66. The van der Waals surface area contributed by atoms with Crippen LogP contribution in [0.4, 0.5) is 0 Å². The van der Waals surface area contributed by atoms with Crippen molar-refractivity contribution < 1.29 is 75.7 Å². The molecule has 0 atom stereocenters. The summed E-state index contributed by atoms with van der Waals surface area (Å²) in [7, 11) is 4.89. The Morgan fingerprint density at radius 2 is 0.703 bits per heavy atom. The fourth-order valence-electron chi connectivity index (χ4n) is 4.54. The standard InChI is InChI=1S/C26H56N.C5H8O4.K/c1-5-7-9-11-13-15-17-19-21-23-25-27(3,4)26-24-22-20-18-16-14-12-10-8-6-2;6-4(7)2-1-3-5(8)9;/h5-26H2,1-4H3;1-3H2,(H,6,7)(H,8,9);/q+1;;+1/p-2. The summed E-state index contributed by atoms with van der Waals surface area (Å²) >= 11 is 0. The van der Waals surface area contributed by atoms with Crippen molar-refractivity contribution in [2.24, 2.45) is 0 Å². The summed E-state index contributed by atoms with van der Waals surface area (Å²) in [6.07, 6.45) is 28.7. The predicted octanol–water partition coefficient (Wildman–Crippen LogP) is 3.57. The van der Waals surface area contributed by atoms with Gasteiger partial charge in [0.1, 0.15) is 0 Å². The second-order valence-corrected chi connectivity index (χ2v) is 11.3. The molecule has 0 saturated carbocycles. The van der Waals surface area contributed by atoms with E-state index in [1.54, 1.807) is 0 Å². The Morgan fingerprint density at radius 3 is 0.946 bits per heavy atom. The Hall–Kier alpha value is 0.536. The van der Waals surface area contributed by atoms with Gasteiger partial charge in [0.05, 0.1) is 27.2 Å². The van der Waals surface area contributed by atoms with Gasteiger partial charge in [0, 0.05) is 11.9 Å². The first-order valence-corrected chi connectivity index (χ1v) is 15.5. The molecule has 0 radical (unpaired) electrons. The molecule has 0 unspecified atom stereocenters. The SMILES string of the molecule is CCCCCCCCCCCC[N+](C)(C)CCCCCCCCCCCC.O=C([O-])CCCC(=O)[O-].[K+]. The van der Waals surface area contributed by atoms with Crippen LogP contribution in [0.3, 0.4) is 0 Å². The minimum atomic E-state index is -1.23. The molecule has 0 bridgehead atoms. The van der Waals surface area contributed by atoms with Crippen LogP contribution in [0.1, 0.15) is 162 Å². The van der Waals surface area contributed by atoms with Gasteiger partial charge in [-0.25, -0.2) is 0 Å². The maximum absolute atomic E-state index is 9.66. The Morgan fingerprint density at radius 1 is 0.459 bits per heavy atom. The summed E-state index contributed by atoms with van der Waals surface area (Å²) in [6.45, 7) is 7.37. The molecule has 0 aliphatic carbocycles. The van der Waals surface area contributed by atoms with Crippen LogP contribution in [0.5, 0.6) is 0 Å². The number of carboxylic acids is 2. The zero-order valence-corrected chi connectivity index (χ0v) is 28.9. The van der Waals surface area contributed by atoms with E-state index >= 15 is 0 Å². The van der Waals surface area contributed by atoms with E-state index in [1.165, 1.54) is 146 Å². The van der Waals surface area contributed by atoms with Crippen molar-refractivity contribution in [3.8, 4) is 0 Å². The number of nitrogens with zero attached hydrogens (tertiary/aromatic N) is 1. The Bertz CT molecular complexity index is 446. The Labute approximate surface area is 273 Å². The minimum absolute atomic E-state index is 0. The molecule has 0 saturated heterocycles. The van der Waals surface area contributed by atoms with Gasteiger partial charge in [-0.1, -0.05) is 117 Å². The molecule has 6 heteroatoms. The summed E-state index contributed by atoms with van der Waals surface area (Å²) in [5.41, 5.74) is 0. The third-order valence-electron chi connectivity index (χ3n) is 7.00. The van der Waals surface area contributed by atoms with Gasteiger partial charge in [0.2, 0.25) is 0 Å². The zero-order valence-electron chi connectivity index (χ0n) is 25.8. The van der Waals surface area contributed by atoms with E-state index in [2.05, 4.69) is 27.9 Å². The van der Waals surface area contributed by atoms with Crippen molar-refractivity contribution in [2.45, 2.75) is 162 Å². The number of quaternary nitrogens is 1. The quantitative estimate of drug-likeness (QED) is 0.0935.